The lowest BCUT2D eigenvalue weighted by atomic mass is 9.92. The number of pyridine rings is 2. The Labute approximate surface area is 370 Å². The fourth-order valence-corrected chi connectivity index (χ4v) is 6.80. The van der Waals surface area contributed by atoms with E-state index < -0.39 is 24.1 Å². The fourth-order valence-electron chi connectivity index (χ4n) is 6.80. The van der Waals surface area contributed by atoms with E-state index >= 15 is 0 Å². The summed E-state index contributed by atoms with van der Waals surface area (Å²) in [7, 11) is 0. The van der Waals surface area contributed by atoms with Crippen LogP contribution in [-0.2, 0) is 49.0 Å². The minimum Gasteiger partial charge on any atom is -0.481 e. The standard InChI is InChI=1S/C47H51N7O10/c1-30-36(26-61-42-14-12-34(6-3-9-38(55)16-44(57)58)46(53-42)63-24-32-18-49-28-50-19-32)7-4-10-40(30)41-11-5-8-37(31(41)2)27-62-43-15-13-35(22-48-23-39(56)17-45(59)60)47(54-43)64-25-33-20-51-29-52-21-33/h4-5,7-8,10-15,18-21,28-29,38-39,48,55-56H,3,6,9,16-17,22-27H2,1-2H3,(H,57,58)(H,59,60)/t38-,39+/m1/s1. The molecule has 0 aliphatic heterocycles. The van der Waals surface area contributed by atoms with Gasteiger partial charge in [0.2, 0.25) is 23.5 Å². The summed E-state index contributed by atoms with van der Waals surface area (Å²) >= 11 is 0. The molecule has 4 heterocycles. The monoisotopic (exact) mass is 873 g/mol. The van der Waals surface area contributed by atoms with Crippen molar-refractivity contribution < 1.29 is 49.0 Å². The zero-order valence-corrected chi connectivity index (χ0v) is 35.6. The van der Waals surface area contributed by atoms with E-state index in [9.17, 15) is 19.8 Å². The Kier molecular flexibility index (Phi) is 17.0. The number of carboxylic acids is 2. The maximum atomic E-state index is 11.0. The molecule has 17 heteroatoms. The van der Waals surface area contributed by atoms with Crippen molar-refractivity contribution in [2.75, 3.05) is 6.54 Å². The van der Waals surface area contributed by atoms with Crippen molar-refractivity contribution in [1.82, 2.24) is 35.2 Å². The lowest BCUT2D eigenvalue weighted by Gasteiger charge is -2.17. The van der Waals surface area contributed by atoms with Crippen LogP contribution in [0.15, 0.2) is 98.1 Å². The van der Waals surface area contributed by atoms with Gasteiger partial charge in [-0.1, -0.05) is 36.4 Å². The summed E-state index contributed by atoms with van der Waals surface area (Å²) in [6, 6.07) is 19.3. The molecule has 6 aromatic rings. The molecular formula is C47H51N7O10. The van der Waals surface area contributed by atoms with Crippen LogP contribution < -0.4 is 24.3 Å². The van der Waals surface area contributed by atoms with Crippen LogP contribution in [0, 0.1) is 13.8 Å². The van der Waals surface area contributed by atoms with Gasteiger partial charge >= 0.3 is 11.9 Å². The van der Waals surface area contributed by atoms with Crippen LogP contribution in [0.25, 0.3) is 11.1 Å². The van der Waals surface area contributed by atoms with E-state index in [2.05, 4.69) is 61.2 Å². The summed E-state index contributed by atoms with van der Waals surface area (Å²) < 4.78 is 24.6. The average Bonchev–Trinajstić information content (AvgIpc) is 3.28. The van der Waals surface area contributed by atoms with E-state index in [1.807, 2.05) is 36.4 Å². The first-order valence-electron chi connectivity index (χ1n) is 20.7. The molecule has 0 saturated heterocycles. The normalized spacial score (nSPS) is 12.0. The summed E-state index contributed by atoms with van der Waals surface area (Å²) in [4.78, 5) is 47.5. The number of aliphatic carboxylic acids is 2. The quantitative estimate of drug-likeness (QED) is 0.0461. The molecule has 0 aliphatic rings. The van der Waals surface area contributed by atoms with Crippen LogP contribution in [0.1, 0.15) is 70.2 Å². The topological polar surface area (TPSA) is 241 Å². The number of aromatic nitrogens is 6. The Morgan fingerprint density at radius 2 is 1.08 bits per heavy atom. The SMILES string of the molecule is Cc1c(COc2ccc(CCC[C@@H](O)CC(=O)O)c(OCc3cncnc3)n2)cccc1-c1cccc(COc2ccc(CNC[C@@H](O)CC(=O)O)c(OCc3cncnc3)n2)c1C. The minimum absolute atomic E-state index is 0.0730. The first kappa shape index (κ1) is 46.4. The molecule has 2 atom stereocenters. The van der Waals surface area contributed by atoms with Crippen molar-refractivity contribution in [3.63, 3.8) is 0 Å². The van der Waals surface area contributed by atoms with Gasteiger partial charge in [-0.25, -0.2) is 19.9 Å². The summed E-state index contributed by atoms with van der Waals surface area (Å²) in [6.45, 7) is 5.25. The third kappa shape index (κ3) is 14.0. The van der Waals surface area contributed by atoms with Gasteiger partial charge in [0.1, 0.15) is 39.1 Å². The summed E-state index contributed by atoms with van der Waals surface area (Å²) in [5.74, 6) is -0.743. The van der Waals surface area contributed by atoms with Gasteiger partial charge in [-0.3, -0.25) is 9.59 Å². The highest BCUT2D eigenvalue weighted by Gasteiger charge is 2.17. The van der Waals surface area contributed by atoms with Crippen molar-refractivity contribution in [1.29, 1.82) is 0 Å². The number of nitrogens with zero attached hydrogens (tertiary/aromatic N) is 6. The molecule has 0 unspecified atom stereocenters. The minimum atomic E-state index is -1.08. The molecule has 0 radical (unpaired) electrons. The Morgan fingerprint density at radius 1 is 0.594 bits per heavy atom. The number of aliphatic hydroxyl groups excluding tert-OH is 2. The molecule has 17 nitrogen and oxygen atoms in total. The van der Waals surface area contributed by atoms with Crippen molar-refractivity contribution in [3.05, 3.63) is 143 Å². The van der Waals surface area contributed by atoms with E-state index in [1.54, 1.807) is 36.9 Å². The lowest BCUT2D eigenvalue weighted by molar-refractivity contribution is -0.140. The van der Waals surface area contributed by atoms with Crippen LogP contribution >= 0.6 is 0 Å². The maximum Gasteiger partial charge on any atom is 0.306 e. The van der Waals surface area contributed by atoms with Gasteiger partial charge in [-0.15, -0.1) is 0 Å². The highest BCUT2D eigenvalue weighted by Crippen LogP contribution is 2.32. The molecule has 0 bridgehead atoms. The molecule has 0 saturated carbocycles. The molecule has 0 fully saturated rings. The Hall–Kier alpha value is -7.08. The molecule has 0 amide bonds. The molecule has 4 aromatic heterocycles. The van der Waals surface area contributed by atoms with Crippen molar-refractivity contribution >= 4 is 11.9 Å². The molecule has 2 aromatic carbocycles. The molecular weight excluding hydrogens is 823 g/mol. The number of hydrogen-bond donors (Lipinski definition) is 5. The van der Waals surface area contributed by atoms with Gasteiger partial charge in [-0.2, -0.15) is 9.97 Å². The number of carboxylic acid groups (broad SMARTS) is 2. The Balaban J connectivity index is 1.13. The van der Waals surface area contributed by atoms with Crippen LogP contribution in [0.4, 0.5) is 0 Å². The number of ether oxygens (including phenoxy) is 4. The van der Waals surface area contributed by atoms with Crippen molar-refractivity contribution in [2.45, 2.75) is 91.1 Å². The second-order valence-corrected chi connectivity index (χ2v) is 15.1. The molecule has 0 aliphatic carbocycles. The van der Waals surface area contributed by atoms with E-state index in [0.29, 0.717) is 48.3 Å². The smallest absolute Gasteiger partial charge is 0.306 e. The zero-order valence-electron chi connectivity index (χ0n) is 35.6. The number of nitrogens with one attached hydrogen (secondary N) is 1. The van der Waals surface area contributed by atoms with E-state index in [1.165, 1.54) is 12.7 Å². The van der Waals surface area contributed by atoms with Crippen LogP contribution in [-0.4, -0.2) is 81.0 Å². The second-order valence-electron chi connectivity index (χ2n) is 15.1. The number of benzene rings is 2. The Bertz CT molecular complexity index is 2290. The number of aryl methyl sites for hydroxylation is 1. The van der Waals surface area contributed by atoms with Gasteiger partial charge in [0, 0.05) is 72.3 Å². The van der Waals surface area contributed by atoms with E-state index in [-0.39, 0.29) is 52.4 Å². The first-order valence-corrected chi connectivity index (χ1v) is 20.7. The predicted octanol–water partition coefficient (Wildman–Crippen LogP) is 5.74. The van der Waals surface area contributed by atoms with Crippen LogP contribution in [0.2, 0.25) is 0 Å². The Morgan fingerprint density at radius 3 is 1.59 bits per heavy atom. The molecule has 0 spiro atoms. The van der Waals surface area contributed by atoms with Crippen LogP contribution in [0.5, 0.6) is 23.5 Å². The third-order valence-corrected chi connectivity index (χ3v) is 10.2. The summed E-state index contributed by atoms with van der Waals surface area (Å²) in [5, 5.41) is 41.1. The highest BCUT2D eigenvalue weighted by molar-refractivity contribution is 5.72. The second kappa shape index (κ2) is 23.4. The number of carbonyl (C=O) groups is 2. The molecule has 6 rings (SSSR count). The van der Waals surface area contributed by atoms with Gasteiger partial charge in [0.15, 0.2) is 0 Å². The fraction of sp³-hybridized carbons (Fsp3) is 0.319. The maximum absolute atomic E-state index is 11.0. The van der Waals surface area contributed by atoms with Crippen molar-refractivity contribution in [3.8, 4) is 34.6 Å². The first-order chi connectivity index (χ1) is 31.0. The van der Waals surface area contributed by atoms with Crippen molar-refractivity contribution in [2.24, 2.45) is 0 Å². The average molecular weight is 874 g/mol. The predicted molar refractivity (Wildman–Crippen MR) is 232 cm³/mol. The number of aliphatic hydroxyl groups is 2. The molecule has 5 N–H and O–H groups in total. The van der Waals surface area contributed by atoms with Gasteiger partial charge in [0.05, 0.1) is 25.0 Å². The largest absolute Gasteiger partial charge is 0.481 e. The van der Waals surface area contributed by atoms with Crippen LogP contribution in [0.3, 0.4) is 0 Å². The lowest BCUT2D eigenvalue weighted by Crippen LogP contribution is -2.28. The summed E-state index contributed by atoms with van der Waals surface area (Å²) in [5.41, 5.74) is 9.04. The number of rotatable bonds is 25. The summed E-state index contributed by atoms with van der Waals surface area (Å²) in [6.07, 6.45) is 8.19. The third-order valence-electron chi connectivity index (χ3n) is 10.2. The highest BCUT2D eigenvalue weighted by atomic mass is 16.5. The van der Waals surface area contributed by atoms with E-state index in [4.69, 9.17) is 29.2 Å². The van der Waals surface area contributed by atoms with Gasteiger partial charge in [0.25, 0.3) is 0 Å². The zero-order chi connectivity index (χ0) is 45.3. The molecule has 64 heavy (non-hydrogen) atoms. The number of hydrogen-bond acceptors (Lipinski definition) is 15. The van der Waals surface area contributed by atoms with Gasteiger partial charge < -0.3 is 44.7 Å². The van der Waals surface area contributed by atoms with Gasteiger partial charge in [-0.05, 0) is 78.6 Å². The van der Waals surface area contributed by atoms with E-state index in [0.717, 1.165) is 50.1 Å². The molecule has 334 valence electrons.